The van der Waals surface area contributed by atoms with Crippen LogP contribution in [0.2, 0.25) is 0 Å². The number of amides is 1. The molecule has 1 unspecified atom stereocenters. The van der Waals surface area contributed by atoms with E-state index in [2.05, 4.69) is 41.4 Å². The number of nitrogens with one attached hydrogen (secondary N) is 1. The van der Waals surface area contributed by atoms with Crippen molar-refractivity contribution in [3.63, 3.8) is 0 Å². The standard InChI is InChI=1S/C17H24N2O/c1-2-9-19(12-13-7-8-13)17(20)16-10-14-5-3-4-6-15(14)11-18-16/h3-6,13,16,18H,2,7-12H2,1H3. The minimum Gasteiger partial charge on any atom is -0.341 e. The number of rotatable bonds is 5. The molecule has 1 fully saturated rings. The maximum absolute atomic E-state index is 12.7. The molecule has 1 aromatic rings. The van der Waals surface area contributed by atoms with Crippen molar-refractivity contribution >= 4 is 5.91 Å². The number of fused-ring (bicyclic) bond motifs is 1. The van der Waals surface area contributed by atoms with Crippen molar-refractivity contribution in [3.8, 4) is 0 Å². The third-order valence-electron chi connectivity index (χ3n) is 4.36. The van der Waals surface area contributed by atoms with Gasteiger partial charge < -0.3 is 10.2 Å². The van der Waals surface area contributed by atoms with Gasteiger partial charge in [0.25, 0.3) is 0 Å². The molecule has 0 spiro atoms. The third-order valence-corrected chi connectivity index (χ3v) is 4.36. The van der Waals surface area contributed by atoms with Crippen molar-refractivity contribution in [3.05, 3.63) is 35.4 Å². The summed E-state index contributed by atoms with van der Waals surface area (Å²) in [5.74, 6) is 1.06. The molecule has 2 aliphatic rings. The lowest BCUT2D eigenvalue weighted by molar-refractivity contribution is -0.134. The molecule has 1 N–H and O–H groups in total. The summed E-state index contributed by atoms with van der Waals surface area (Å²) in [6.45, 7) is 4.83. The van der Waals surface area contributed by atoms with Crippen LogP contribution in [0.1, 0.15) is 37.3 Å². The van der Waals surface area contributed by atoms with Crippen molar-refractivity contribution in [2.75, 3.05) is 13.1 Å². The topological polar surface area (TPSA) is 32.3 Å². The second kappa shape index (κ2) is 5.96. The highest BCUT2D eigenvalue weighted by molar-refractivity contribution is 5.82. The average Bonchev–Trinajstić information content (AvgIpc) is 3.29. The summed E-state index contributed by atoms with van der Waals surface area (Å²) in [5, 5.41) is 3.42. The SMILES string of the molecule is CCCN(CC1CC1)C(=O)C1Cc2ccccc2CN1. The Kier molecular flexibility index (Phi) is 4.06. The van der Waals surface area contributed by atoms with Crippen LogP contribution in [0.4, 0.5) is 0 Å². The number of hydrogen-bond acceptors (Lipinski definition) is 2. The van der Waals surface area contributed by atoms with Gasteiger partial charge in [-0.2, -0.15) is 0 Å². The van der Waals surface area contributed by atoms with Crippen molar-refractivity contribution in [2.24, 2.45) is 5.92 Å². The van der Waals surface area contributed by atoms with Gasteiger partial charge in [-0.1, -0.05) is 31.2 Å². The van der Waals surface area contributed by atoms with Crippen LogP contribution >= 0.6 is 0 Å². The van der Waals surface area contributed by atoms with Crippen LogP contribution in [0.3, 0.4) is 0 Å². The summed E-state index contributed by atoms with van der Waals surface area (Å²) in [4.78, 5) is 14.8. The summed E-state index contributed by atoms with van der Waals surface area (Å²) < 4.78 is 0. The molecule has 1 heterocycles. The van der Waals surface area contributed by atoms with Gasteiger partial charge in [0, 0.05) is 19.6 Å². The molecule has 3 heteroatoms. The molecule has 3 nitrogen and oxygen atoms in total. The van der Waals surface area contributed by atoms with Crippen LogP contribution in [0.15, 0.2) is 24.3 Å². The zero-order valence-electron chi connectivity index (χ0n) is 12.3. The van der Waals surface area contributed by atoms with E-state index in [4.69, 9.17) is 0 Å². The predicted octanol–water partition coefficient (Wildman–Crippen LogP) is 2.35. The molecule has 1 atom stereocenters. The molecule has 0 aromatic heterocycles. The first-order valence-electron chi connectivity index (χ1n) is 7.87. The first-order chi connectivity index (χ1) is 9.78. The van der Waals surface area contributed by atoms with Gasteiger partial charge in [0.2, 0.25) is 5.91 Å². The summed E-state index contributed by atoms with van der Waals surface area (Å²) >= 11 is 0. The fraction of sp³-hybridized carbons (Fsp3) is 0.588. The normalized spacial score (nSPS) is 21.4. The summed E-state index contributed by atoms with van der Waals surface area (Å²) in [6, 6.07) is 8.41. The monoisotopic (exact) mass is 272 g/mol. The molecule has 0 radical (unpaired) electrons. The van der Waals surface area contributed by atoms with E-state index in [-0.39, 0.29) is 6.04 Å². The lowest BCUT2D eigenvalue weighted by Crippen LogP contribution is -2.50. The van der Waals surface area contributed by atoms with Crippen LogP contribution in [-0.4, -0.2) is 29.9 Å². The Bertz CT molecular complexity index is 482. The molecule has 3 rings (SSSR count). The lowest BCUT2D eigenvalue weighted by atomic mass is 9.95. The van der Waals surface area contributed by atoms with Gasteiger partial charge in [0.05, 0.1) is 6.04 Å². The number of hydrogen-bond donors (Lipinski definition) is 1. The molecule has 1 aliphatic heterocycles. The van der Waals surface area contributed by atoms with Crippen molar-refractivity contribution in [1.82, 2.24) is 10.2 Å². The largest absolute Gasteiger partial charge is 0.341 e. The van der Waals surface area contributed by atoms with Gasteiger partial charge in [-0.05, 0) is 42.7 Å². The van der Waals surface area contributed by atoms with Crippen LogP contribution < -0.4 is 5.32 Å². The molecule has 1 aromatic carbocycles. The van der Waals surface area contributed by atoms with Gasteiger partial charge in [-0.15, -0.1) is 0 Å². The van der Waals surface area contributed by atoms with Crippen LogP contribution in [0.5, 0.6) is 0 Å². The molecule has 0 saturated heterocycles. The van der Waals surface area contributed by atoms with Gasteiger partial charge in [0.1, 0.15) is 0 Å². The molecule has 1 saturated carbocycles. The minimum atomic E-state index is -0.0322. The molecular weight excluding hydrogens is 248 g/mol. The number of nitrogens with zero attached hydrogens (tertiary/aromatic N) is 1. The van der Waals surface area contributed by atoms with Crippen LogP contribution in [-0.2, 0) is 17.8 Å². The van der Waals surface area contributed by atoms with Gasteiger partial charge in [-0.3, -0.25) is 4.79 Å². The Morgan fingerprint density at radius 2 is 2.05 bits per heavy atom. The van der Waals surface area contributed by atoms with Crippen LogP contribution in [0, 0.1) is 5.92 Å². The van der Waals surface area contributed by atoms with Crippen molar-refractivity contribution < 1.29 is 4.79 Å². The van der Waals surface area contributed by atoms with Crippen molar-refractivity contribution in [1.29, 1.82) is 0 Å². The zero-order valence-corrected chi connectivity index (χ0v) is 12.3. The van der Waals surface area contributed by atoms with E-state index in [1.165, 1.54) is 24.0 Å². The predicted molar refractivity (Wildman–Crippen MR) is 80.4 cm³/mol. The first-order valence-corrected chi connectivity index (χ1v) is 7.87. The van der Waals surface area contributed by atoms with E-state index >= 15 is 0 Å². The van der Waals surface area contributed by atoms with Crippen molar-refractivity contribution in [2.45, 2.75) is 45.2 Å². The van der Waals surface area contributed by atoms with Gasteiger partial charge in [0.15, 0.2) is 0 Å². The number of benzene rings is 1. The third kappa shape index (κ3) is 3.04. The zero-order chi connectivity index (χ0) is 13.9. The maximum Gasteiger partial charge on any atom is 0.240 e. The van der Waals surface area contributed by atoms with E-state index < -0.39 is 0 Å². The fourth-order valence-corrected chi connectivity index (χ4v) is 3.02. The van der Waals surface area contributed by atoms with E-state index in [0.29, 0.717) is 5.91 Å². The second-order valence-electron chi connectivity index (χ2n) is 6.13. The summed E-state index contributed by atoms with van der Waals surface area (Å²) in [5.41, 5.74) is 2.66. The second-order valence-corrected chi connectivity index (χ2v) is 6.13. The molecule has 0 bridgehead atoms. The van der Waals surface area contributed by atoms with Gasteiger partial charge in [-0.25, -0.2) is 0 Å². The molecule has 1 amide bonds. The highest BCUT2D eigenvalue weighted by Crippen LogP contribution is 2.30. The average molecular weight is 272 g/mol. The Morgan fingerprint density at radius 1 is 1.30 bits per heavy atom. The molecule has 20 heavy (non-hydrogen) atoms. The Hall–Kier alpha value is -1.35. The van der Waals surface area contributed by atoms with E-state index in [0.717, 1.165) is 38.4 Å². The van der Waals surface area contributed by atoms with E-state index in [1.54, 1.807) is 0 Å². The minimum absolute atomic E-state index is 0.0322. The highest BCUT2D eigenvalue weighted by atomic mass is 16.2. The summed E-state index contributed by atoms with van der Waals surface area (Å²) in [7, 11) is 0. The van der Waals surface area contributed by atoms with E-state index in [9.17, 15) is 4.79 Å². The van der Waals surface area contributed by atoms with Gasteiger partial charge >= 0.3 is 0 Å². The maximum atomic E-state index is 12.7. The number of carbonyl (C=O) groups is 1. The lowest BCUT2D eigenvalue weighted by Gasteiger charge is -2.31. The quantitative estimate of drug-likeness (QED) is 0.892. The van der Waals surface area contributed by atoms with Crippen LogP contribution in [0.25, 0.3) is 0 Å². The highest BCUT2D eigenvalue weighted by Gasteiger charge is 2.31. The Balaban J connectivity index is 1.67. The summed E-state index contributed by atoms with van der Waals surface area (Å²) in [6.07, 6.45) is 4.48. The molecule has 108 valence electrons. The molecule has 1 aliphatic carbocycles. The Labute approximate surface area is 121 Å². The smallest absolute Gasteiger partial charge is 0.240 e. The molecular formula is C17H24N2O. The number of carbonyl (C=O) groups excluding carboxylic acids is 1. The Morgan fingerprint density at radius 3 is 2.75 bits per heavy atom. The fourth-order valence-electron chi connectivity index (χ4n) is 3.02. The first kappa shape index (κ1) is 13.6. The van der Waals surface area contributed by atoms with E-state index in [1.807, 2.05) is 0 Å².